The van der Waals surface area contributed by atoms with Crippen molar-refractivity contribution >= 4 is 11.7 Å². The number of fused-ring (bicyclic) bond motifs is 1. The van der Waals surface area contributed by atoms with Crippen molar-refractivity contribution in [2.45, 2.75) is 64.6 Å². The van der Waals surface area contributed by atoms with Gasteiger partial charge in [-0.2, -0.15) is 0 Å². The fourth-order valence-corrected chi connectivity index (χ4v) is 3.69. The Balaban J connectivity index is 1.34. The van der Waals surface area contributed by atoms with Gasteiger partial charge in [-0.3, -0.25) is 0 Å². The van der Waals surface area contributed by atoms with Crippen molar-refractivity contribution < 1.29 is 24.2 Å². The number of aryl methyl sites for hydroxylation is 2. The summed E-state index contributed by atoms with van der Waals surface area (Å²) in [6.07, 6.45) is 7.71. The average Bonchev–Trinajstić information content (AvgIpc) is 2.71. The van der Waals surface area contributed by atoms with Crippen molar-refractivity contribution in [2.24, 2.45) is 11.1 Å². The van der Waals surface area contributed by atoms with Gasteiger partial charge in [0.25, 0.3) is 5.79 Å². The second-order valence-corrected chi connectivity index (χ2v) is 7.94. The molecule has 2 aliphatic rings. The Morgan fingerprint density at radius 1 is 1.21 bits per heavy atom. The molecule has 1 aromatic rings. The molecule has 1 aliphatic carbocycles. The Morgan fingerprint density at radius 2 is 1.93 bits per heavy atom. The van der Waals surface area contributed by atoms with Gasteiger partial charge in [-0.1, -0.05) is 17.3 Å². The highest BCUT2D eigenvalue weighted by Crippen LogP contribution is 2.25. The van der Waals surface area contributed by atoms with Crippen LogP contribution in [0.4, 0.5) is 0 Å². The SMILES string of the molecule is CC(=NOCCCCC1COC(C)(C(=O)O)OC1)c1ccc2c(c1)CCCC2. The van der Waals surface area contributed by atoms with Crippen LogP contribution in [-0.4, -0.2) is 42.4 Å². The van der Waals surface area contributed by atoms with E-state index in [4.69, 9.17) is 19.4 Å². The van der Waals surface area contributed by atoms with Gasteiger partial charge in [0.2, 0.25) is 0 Å². The molecule has 1 saturated heterocycles. The zero-order chi connectivity index (χ0) is 20.0. The summed E-state index contributed by atoms with van der Waals surface area (Å²) >= 11 is 0. The minimum atomic E-state index is -1.50. The van der Waals surface area contributed by atoms with Crippen LogP contribution in [0, 0.1) is 5.92 Å². The normalized spacial score (nSPS) is 25.2. The van der Waals surface area contributed by atoms with Gasteiger partial charge >= 0.3 is 5.97 Å². The van der Waals surface area contributed by atoms with E-state index >= 15 is 0 Å². The van der Waals surface area contributed by atoms with Crippen LogP contribution in [-0.2, 0) is 31.9 Å². The molecule has 0 spiro atoms. The molecule has 6 heteroatoms. The minimum absolute atomic E-state index is 0.230. The predicted octanol–water partition coefficient (Wildman–Crippen LogP) is 3.94. The number of rotatable bonds is 8. The number of hydrogen-bond donors (Lipinski definition) is 1. The maximum Gasteiger partial charge on any atom is 0.364 e. The molecule has 0 amide bonds. The topological polar surface area (TPSA) is 77.4 Å². The number of unbranched alkanes of at least 4 members (excludes halogenated alkanes) is 1. The van der Waals surface area contributed by atoms with Crippen LogP contribution in [0.1, 0.15) is 62.6 Å². The minimum Gasteiger partial charge on any atom is -0.477 e. The summed E-state index contributed by atoms with van der Waals surface area (Å²) in [4.78, 5) is 16.6. The van der Waals surface area contributed by atoms with Crippen molar-refractivity contribution in [1.82, 2.24) is 0 Å². The maximum atomic E-state index is 11.1. The molecule has 6 nitrogen and oxygen atoms in total. The van der Waals surface area contributed by atoms with Gasteiger partial charge in [-0.05, 0) is 74.6 Å². The molecule has 1 aliphatic heterocycles. The molecule has 3 rings (SSSR count). The quantitative estimate of drug-likeness (QED) is 0.414. The summed E-state index contributed by atoms with van der Waals surface area (Å²) in [5.74, 6) is -2.35. The number of hydrogen-bond acceptors (Lipinski definition) is 5. The molecule has 28 heavy (non-hydrogen) atoms. The van der Waals surface area contributed by atoms with Gasteiger partial charge in [0.15, 0.2) is 0 Å². The van der Waals surface area contributed by atoms with Gasteiger partial charge in [0.1, 0.15) is 6.61 Å². The summed E-state index contributed by atoms with van der Waals surface area (Å²) in [6.45, 7) is 4.84. The highest BCUT2D eigenvalue weighted by molar-refractivity contribution is 5.98. The molecule has 0 atom stereocenters. The number of carboxylic acids is 1. The van der Waals surface area contributed by atoms with E-state index in [0.717, 1.165) is 37.0 Å². The van der Waals surface area contributed by atoms with Crippen LogP contribution in [0.5, 0.6) is 0 Å². The van der Waals surface area contributed by atoms with Crippen molar-refractivity contribution in [3.8, 4) is 0 Å². The van der Waals surface area contributed by atoms with Gasteiger partial charge in [-0.15, -0.1) is 0 Å². The lowest BCUT2D eigenvalue weighted by Gasteiger charge is -2.34. The van der Waals surface area contributed by atoms with Crippen molar-refractivity contribution in [3.05, 3.63) is 34.9 Å². The van der Waals surface area contributed by atoms with E-state index in [1.54, 1.807) is 0 Å². The molecule has 0 aromatic heterocycles. The van der Waals surface area contributed by atoms with Gasteiger partial charge < -0.3 is 19.4 Å². The van der Waals surface area contributed by atoms with Crippen LogP contribution in [0.3, 0.4) is 0 Å². The van der Waals surface area contributed by atoms with E-state index in [-0.39, 0.29) is 5.92 Å². The smallest absolute Gasteiger partial charge is 0.364 e. The Labute approximate surface area is 166 Å². The summed E-state index contributed by atoms with van der Waals surface area (Å²) in [7, 11) is 0. The van der Waals surface area contributed by atoms with Crippen molar-refractivity contribution in [2.75, 3.05) is 19.8 Å². The van der Waals surface area contributed by atoms with Gasteiger partial charge in [-0.25, -0.2) is 4.79 Å². The number of ether oxygens (including phenoxy) is 2. The first-order valence-electron chi connectivity index (χ1n) is 10.3. The molecule has 0 radical (unpaired) electrons. The Hall–Kier alpha value is -1.92. The van der Waals surface area contributed by atoms with Crippen LogP contribution < -0.4 is 0 Å². The molecule has 0 unspecified atom stereocenters. The Bertz CT molecular complexity index is 707. The fourth-order valence-electron chi connectivity index (χ4n) is 3.69. The average molecular weight is 389 g/mol. The molecule has 154 valence electrons. The van der Waals surface area contributed by atoms with E-state index in [2.05, 4.69) is 23.4 Å². The van der Waals surface area contributed by atoms with Crippen LogP contribution in [0.2, 0.25) is 0 Å². The highest BCUT2D eigenvalue weighted by atomic mass is 16.7. The molecule has 0 saturated carbocycles. The van der Waals surface area contributed by atoms with Gasteiger partial charge in [0.05, 0.1) is 18.9 Å². The molecular formula is C22H31NO5. The van der Waals surface area contributed by atoms with Crippen molar-refractivity contribution in [1.29, 1.82) is 0 Å². The first-order valence-corrected chi connectivity index (χ1v) is 10.3. The Kier molecular flexibility index (Phi) is 7.08. The monoisotopic (exact) mass is 389 g/mol. The maximum absolute atomic E-state index is 11.1. The number of carbonyl (C=O) groups is 1. The van der Waals surface area contributed by atoms with Crippen LogP contribution in [0.25, 0.3) is 0 Å². The predicted molar refractivity (Wildman–Crippen MR) is 107 cm³/mol. The van der Waals surface area contributed by atoms with E-state index in [9.17, 15) is 4.79 Å². The number of oxime groups is 1. The van der Waals surface area contributed by atoms with E-state index in [1.807, 2.05) is 6.92 Å². The van der Waals surface area contributed by atoms with Gasteiger partial charge in [0, 0.05) is 12.8 Å². The summed E-state index contributed by atoms with van der Waals surface area (Å²) in [5.41, 5.74) is 4.98. The zero-order valence-corrected chi connectivity index (χ0v) is 16.9. The third kappa shape index (κ3) is 5.32. The number of benzene rings is 1. The van der Waals surface area contributed by atoms with Crippen molar-refractivity contribution in [3.63, 3.8) is 0 Å². The highest BCUT2D eigenvalue weighted by Gasteiger charge is 2.40. The molecular weight excluding hydrogens is 358 g/mol. The number of carboxylic acid groups (broad SMARTS) is 1. The third-order valence-electron chi connectivity index (χ3n) is 5.64. The van der Waals surface area contributed by atoms with E-state index in [0.29, 0.717) is 19.8 Å². The molecule has 1 aromatic carbocycles. The second-order valence-electron chi connectivity index (χ2n) is 7.94. The van der Waals surface area contributed by atoms with Crippen LogP contribution in [0.15, 0.2) is 23.4 Å². The third-order valence-corrected chi connectivity index (χ3v) is 5.64. The lowest BCUT2D eigenvalue weighted by atomic mass is 9.90. The number of nitrogens with zero attached hydrogens (tertiary/aromatic N) is 1. The Morgan fingerprint density at radius 3 is 2.64 bits per heavy atom. The van der Waals surface area contributed by atoms with E-state index in [1.165, 1.54) is 37.3 Å². The molecule has 1 heterocycles. The fraction of sp³-hybridized carbons (Fsp3) is 0.636. The lowest BCUT2D eigenvalue weighted by molar-refractivity contribution is -0.271. The summed E-state index contributed by atoms with van der Waals surface area (Å²) in [6, 6.07) is 6.62. The first kappa shape index (κ1) is 20.8. The summed E-state index contributed by atoms with van der Waals surface area (Å²) in [5, 5.41) is 13.3. The lowest BCUT2D eigenvalue weighted by Crippen LogP contribution is -2.47. The standard InChI is InChI=1S/C22H31NO5/c1-16(19-11-10-18-8-3-4-9-20(18)13-19)23-28-12-6-5-7-17-14-26-22(2,21(24)25)27-15-17/h10-11,13,17H,3-9,12,14-15H2,1-2H3,(H,24,25). The molecule has 1 N–H and O–H groups in total. The zero-order valence-electron chi connectivity index (χ0n) is 16.9. The molecule has 0 bridgehead atoms. The van der Waals surface area contributed by atoms with E-state index < -0.39 is 11.8 Å². The number of aliphatic carboxylic acids is 1. The molecule has 1 fully saturated rings. The largest absolute Gasteiger partial charge is 0.477 e. The summed E-state index contributed by atoms with van der Waals surface area (Å²) < 4.78 is 10.7. The first-order chi connectivity index (χ1) is 13.5. The van der Waals surface area contributed by atoms with Crippen LogP contribution >= 0.6 is 0 Å². The second kappa shape index (κ2) is 9.52.